The van der Waals surface area contributed by atoms with Gasteiger partial charge in [-0.2, -0.15) is 0 Å². The summed E-state index contributed by atoms with van der Waals surface area (Å²) in [6, 6.07) is 0. The van der Waals surface area contributed by atoms with Gasteiger partial charge in [-0.3, -0.25) is 0 Å². The molecule has 3 fully saturated rings. The van der Waals surface area contributed by atoms with Gasteiger partial charge in [0, 0.05) is 0 Å². The van der Waals surface area contributed by atoms with Crippen molar-refractivity contribution < 1.29 is 27.9 Å². The van der Waals surface area contributed by atoms with Gasteiger partial charge in [-0.15, -0.1) is 0 Å². The van der Waals surface area contributed by atoms with Gasteiger partial charge in [-0.25, -0.2) is 0 Å². The maximum absolute atomic E-state index is 6.59. The summed E-state index contributed by atoms with van der Waals surface area (Å²) < 4.78 is 38.2. The first-order chi connectivity index (χ1) is 15.0. The van der Waals surface area contributed by atoms with Crippen molar-refractivity contribution in [2.45, 2.75) is 154 Å². The van der Waals surface area contributed by atoms with Gasteiger partial charge in [0.15, 0.2) is 0 Å². The van der Waals surface area contributed by atoms with E-state index in [4.69, 9.17) is 27.9 Å². The lowest BCUT2D eigenvalue weighted by molar-refractivity contribution is -0.0817. The van der Waals surface area contributed by atoms with E-state index in [9.17, 15) is 0 Å². The lowest BCUT2D eigenvalue weighted by Crippen LogP contribution is -2.53. The first kappa shape index (κ1) is 27.5. The van der Waals surface area contributed by atoms with Crippen LogP contribution >= 0.6 is 0 Å². The van der Waals surface area contributed by atoms with Crippen molar-refractivity contribution in [1.82, 2.24) is 0 Å². The number of hydrogen-bond donors (Lipinski definition) is 0. The minimum atomic E-state index is -0.440. The maximum Gasteiger partial charge on any atom is 0.457 e. The van der Waals surface area contributed by atoms with Crippen molar-refractivity contribution in [3.05, 3.63) is 0 Å². The normalized spacial score (nSPS) is 40.3. The van der Waals surface area contributed by atoms with E-state index in [2.05, 4.69) is 69.2 Å². The summed E-state index contributed by atoms with van der Waals surface area (Å²) in [6.45, 7) is 23.5. The topological polar surface area (TPSA) is 55.4 Å². The molecule has 33 heavy (non-hydrogen) atoms. The van der Waals surface area contributed by atoms with Crippen LogP contribution in [0.4, 0.5) is 0 Å². The Labute approximate surface area is 203 Å². The summed E-state index contributed by atoms with van der Waals surface area (Å²) in [4.78, 5) is 0. The van der Waals surface area contributed by atoms with Crippen molar-refractivity contribution in [2.75, 3.05) is 0 Å². The minimum absolute atomic E-state index is 0.137. The molecule has 0 amide bonds. The molecule has 0 spiro atoms. The fraction of sp³-hybridized carbons (Fsp3) is 1.00. The van der Waals surface area contributed by atoms with Crippen LogP contribution in [-0.4, -0.2) is 55.0 Å². The van der Waals surface area contributed by atoms with E-state index < -0.39 is 11.2 Å². The van der Waals surface area contributed by atoms with Gasteiger partial charge in [-0.05, 0) is 101 Å². The molecule has 4 atom stereocenters. The molecule has 3 heterocycles. The predicted octanol–water partition coefficient (Wildman–Crippen LogP) is 5.80. The largest absolute Gasteiger partial charge is 0.457 e. The molecule has 0 radical (unpaired) electrons. The highest BCUT2D eigenvalue weighted by Gasteiger charge is 2.60. The molecule has 3 aliphatic heterocycles. The Morgan fingerprint density at radius 3 is 1.36 bits per heavy atom. The smallest absolute Gasteiger partial charge is 0.403 e. The Morgan fingerprint density at radius 1 is 0.515 bits per heavy atom. The lowest BCUT2D eigenvalue weighted by atomic mass is 9.72. The number of rotatable bonds is 9. The molecule has 3 aliphatic rings. The molecule has 0 aliphatic carbocycles. The van der Waals surface area contributed by atoms with Gasteiger partial charge in [0.2, 0.25) is 0 Å². The molecule has 188 valence electrons. The van der Waals surface area contributed by atoms with E-state index in [1.165, 1.54) is 0 Å². The van der Waals surface area contributed by atoms with E-state index in [1.807, 2.05) is 6.82 Å². The average Bonchev–Trinajstić information content (AvgIpc) is 3.16. The highest BCUT2D eigenvalue weighted by Crippen LogP contribution is 2.50. The van der Waals surface area contributed by atoms with Gasteiger partial charge >= 0.3 is 21.4 Å². The van der Waals surface area contributed by atoms with Crippen molar-refractivity contribution in [1.29, 1.82) is 0 Å². The molecule has 4 unspecified atom stereocenters. The third kappa shape index (κ3) is 4.97. The zero-order chi connectivity index (χ0) is 24.9. The Bertz CT molecular complexity index is 708. The van der Waals surface area contributed by atoms with Crippen LogP contribution in [0.2, 0.25) is 19.5 Å². The van der Waals surface area contributed by atoms with Crippen molar-refractivity contribution in [2.24, 2.45) is 0 Å². The molecule has 0 N–H and O–H groups in total. The molecule has 6 nitrogen and oxygen atoms in total. The fourth-order valence-corrected chi connectivity index (χ4v) is 5.68. The second-order valence-corrected chi connectivity index (χ2v) is 12.3. The molecule has 3 rings (SSSR count). The third-order valence-corrected chi connectivity index (χ3v) is 9.17. The van der Waals surface area contributed by atoms with Crippen LogP contribution in [0.5, 0.6) is 0 Å². The highest BCUT2D eigenvalue weighted by atomic mass is 16.7. The van der Waals surface area contributed by atoms with Crippen LogP contribution < -0.4 is 0 Å². The van der Waals surface area contributed by atoms with Crippen LogP contribution in [0.3, 0.4) is 0 Å². The molecular formula is C24H47B3O6. The molecule has 0 aromatic rings. The Morgan fingerprint density at radius 2 is 0.939 bits per heavy atom. The predicted molar refractivity (Wildman–Crippen MR) is 135 cm³/mol. The van der Waals surface area contributed by atoms with Crippen molar-refractivity contribution in [3.63, 3.8) is 0 Å². The molecule has 0 aromatic carbocycles. The zero-order valence-corrected chi connectivity index (χ0v) is 23.1. The maximum atomic E-state index is 6.59. The molecule has 9 heteroatoms. The molecule has 0 saturated carbocycles. The average molecular weight is 464 g/mol. The van der Waals surface area contributed by atoms with Crippen molar-refractivity contribution in [3.8, 4) is 0 Å². The van der Waals surface area contributed by atoms with E-state index in [-0.39, 0.29) is 43.8 Å². The Kier molecular flexibility index (Phi) is 7.61. The second-order valence-electron chi connectivity index (χ2n) is 12.3. The van der Waals surface area contributed by atoms with E-state index in [0.29, 0.717) is 0 Å². The summed E-state index contributed by atoms with van der Waals surface area (Å²) in [5, 5.41) is 0. The van der Waals surface area contributed by atoms with E-state index >= 15 is 0 Å². The third-order valence-electron chi connectivity index (χ3n) is 9.17. The monoisotopic (exact) mass is 464 g/mol. The summed E-state index contributed by atoms with van der Waals surface area (Å²) in [6.07, 6.45) is 6.11. The standard InChI is InChI=1S/C24H47B3O6/c1-12-18-27-29-20(5,6)22(8,31-27)15-17-24(10)23(9,32-26(13-2)33-24)16-14-21(7)19(3,4)28-25(11)30-21/h12-18H2,1-11H3. The molecular weight excluding hydrogens is 417 g/mol. The van der Waals surface area contributed by atoms with Crippen LogP contribution in [0.15, 0.2) is 0 Å². The number of hydrogen-bond acceptors (Lipinski definition) is 6. The van der Waals surface area contributed by atoms with Crippen molar-refractivity contribution >= 4 is 21.4 Å². The van der Waals surface area contributed by atoms with Gasteiger partial charge in [-0.1, -0.05) is 20.3 Å². The minimum Gasteiger partial charge on any atom is -0.403 e. The molecule has 0 aromatic heterocycles. The summed E-state index contributed by atoms with van der Waals surface area (Å²) in [5.74, 6) is 0. The Balaban J connectivity index is 1.75. The quantitative estimate of drug-likeness (QED) is 0.402. The van der Waals surface area contributed by atoms with Crippen LogP contribution in [0.1, 0.15) is 101 Å². The first-order valence-electron chi connectivity index (χ1n) is 13.1. The summed E-state index contributed by atoms with van der Waals surface area (Å²) >= 11 is 0. The van der Waals surface area contributed by atoms with Gasteiger partial charge in [0.05, 0.1) is 33.6 Å². The van der Waals surface area contributed by atoms with Crippen LogP contribution in [-0.2, 0) is 27.9 Å². The highest BCUT2D eigenvalue weighted by molar-refractivity contribution is 6.45. The van der Waals surface area contributed by atoms with Crippen LogP contribution in [0.25, 0.3) is 0 Å². The summed E-state index contributed by atoms with van der Waals surface area (Å²) in [5.41, 5.74) is -2.35. The molecule has 3 saturated heterocycles. The van der Waals surface area contributed by atoms with E-state index in [1.54, 1.807) is 0 Å². The van der Waals surface area contributed by atoms with Gasteiger partial charge in [0.25, 0.3) is 0 Å². The molecule has 0 bridgehead atoms. The Hall–Kier alpha value is -0.0452. The van der Waals surface area contributed by atoms with Crippen LogP contribution in [0, 0.1) is 0 Å². The first-order valence-corrected chi connectivity index (χ1v) is 13.1. The lowest BCUT2D eigenvalue weighted by Gasteiger charge is -2.45. The zero-order valence-electron chi connectivity index (χ0n) is 23.1. The summed E-state index contributed by atoms with van der Waals surface area (Å²) in [7, 11) is -0.539. The van der Waals surface area contributed by atoms with Gasteiger partial charge in [0.1, 0.15) is 0 Å². The second kappa shape index (κ2) is 9.12. The SMILES string of the molecule is CCCB1OC(C)(C)C(C)(CCC2(C)OB(CC)OC2(C)CCC2(C)OB(C)OC2(C)C)O1. The van der Waals surface area contributed by atoms with E-state index in [0.717, 1.165) is 44.7 Å². The fourth-order valence-electron chi connectivity index (χ4n) is 5.68. The van der Waals surface area contributed by atoms with Gasteiger partial charge < -0.3 is 27.9 Å².